The zero-order valence-corrected chi connectivity index (χ0v) is 13.7. The van der Waals surface area contributed by atoms with Crippen LogP contribution in [0.15, 0.2) is 30.3 Å². The molecule has 1 fully saturated rings. The summed E-state index contributed by atoms with van der Waals surface area (Å²) in [7, 11) is 0. The van der Waals surface area contributed by atoms with E-state index < -0.39 is 0 Å². The fourth-order valence-corrected chi connectivity index (χ4v) is 3.01. The standard InChI is InChI=1S/C17H18ClN5/c1-11-20-13-4-2-3-5-14(13)23(11)9-8-19-16-10-15(18)21-17(22-16)12-6-7-12/h2-5,10,12H,6-9H2,1H3,(H,19,21,22). The first-order valence-electron chi connectivity index (χ1n) is 7.91. The maximum atomic E-state index is 6.10. The highest BCUT2D eigenvalue weighted by Crippen LogP contribution is 2.38. The molecule has 2 heterocycles. The third-order valence-electron chi connectivity index (χ3n) is 4.14. The van der Waals surface area contributed by atoms with Crippen molar-refractivity contribution in [2.75, 3.05) is 11.9 Å². The Bertz CT molecular complexity index is 853. The van der Waals surface area contributed by atoms with Gasteiger partial charge in [0.05, 0.1) is 11.0 Å². The van der Waals surface area contributed by atoms with Gasteiger partial charge in [0.25, 0.3) is 0 Å². The smallest absolute Gasteiger partial charge is 0.135 e. The van der Waals surface area contributed by atoms with E-state index in [0.29, 0.717) is 11.1 Å². The molecular weight excluding hydrogens is 310 g/mol. The number of benzene rings is 1. The second kappa shape index (κ2) is 5.81. The van der Waals surface area contributed by atoms with Gasteiger partial charge in [-0.25, -0.2) is 15.0 Å². The van der Waals surface area contributed by atoms with Gasteiger partial charge in [0.15, 0.2) is 0 Å². The van der Waals surface area contributed by atoms with Gasteiger partial charge in [-0.3, -0.25) is 0 Å². The SMILES string of the molecule is Cc1nc2ccccc2n1CCNc1cc(Cl)nc(C2CC2)n1. The molecule has 3 aromatic rings. The van der Waals surface area contributed by atoms with Gasteiger partial charge >= 0.3 is 0 Å². The third kappa shape index (κ3) is 3.01. The third-order valence-corrected chi connectivity index (χ3v) is 4.34. The van der Waals surface area contributed by atoms with E-state index in [1.165, 1.54) is 12.8 Å². The van der Waals surface area contributed by atoms with E-state index in [2.05, 4.69) is 30.9 Å². The van der Waals surface area contributed by atoms with Crippen molar-refractivity contribution in [3.8, 4) is 0 Å². The molecule has 6 heteroatoms. The molecule has 0 amide bonds. The minimum Gasteiger partial charge on any atom is -0.368 e. The molecule has 2 aromatic heterocycles. The number of imidazole rings is 1. The van der Waals surface area contributed by atoms with Crippen LogP contribution in [0.5, 0.6) is 0 Å². The number of aromatic nitrogens is 4. The second-order valence-electron chi connectivity index (χ2n) is 5.93. The van der Waals surface area contributed by atoms with Crippen molar-refractivity contribution in [1.82, 2.24) is 19.5 Å². The van der Waals surface area contributed by atoms with Gasteiger partial charge in [-0.1, -0.05) is 23.7 Å². The van der Waals surface area contributed by atoms with Crippen molar-refractivity contribution in [2.24, 2.45) is 0 Å². The van der Waals surface area contributed by atoms with E-state index in [-0.39, 0.29) is 0 Å². The van der Waals surface area contributed by atoms with Crippen LogP contribution in [0.4, 0.5) is 5.82 Å². The van der Waals surface area contributed by atoms with Crippen molar-refractivity contribution in [3.05, 3.63) is 47.1 Å². The minimum absolute atomic E-state index is 0.495. The Balaban J connectivity index is 1.48. The van der Waals surface area contributed by atoms with Crippen molar-refractivity contribution in [3.63, 3.8) is 0 Å². The zero-order chi connectivity index (χ0) is 15.8. The van der Waals surface area contributed by atoms with Crippen molar-refractivity contribution in [2.45, 2.75) is 32.2 Å². The number of nitrogens with one attached hydrogen (secondary N) is 1. The van der Waals surface area contributed by atoms with E-state index in [1.54, 1.807) is 6.07 Å². The molecule has 1 aliphatic carbocycles. The van der Waals surface area contributed by atoms with E-state index in [4.69, 9.17) is 11.6 Å². The lowest BCUT2D eigenvalue weighted by Gasteiger charge is -2.10. The Morgan fingerprint density at radius 1 is 1.22 bits per heavy atom. The molecular formula is C17H18ClN5. The monoisotopic (exact) mass is 327 g/mol. The number of para-hydroxylation sites is 2. The lowest BCUT2D eigenvalue weighted by molar-refractivity contribution is 0.719. The number of anilines is 1. The fourth-order valence-electron chi connectivity index (χ4n) is 2.82. The van der Waals surface area contributed by atoms with Gasteiger partial charge in [-0.15, -0.1) is 0 Å². The Morgan fingerprint density at radius 3 is 2.87 bits per heavy atom. The largest absolute Gasteiger partial charge is 0.368 e. The number of nitrogens with zero attached hydrogens (tertiary/aromatic N) is 4. The summed E-state index contributed by atoms with van der Waals surface area (Å²) in [4.78, 5) is 13.5. The minimum atomic E-state index is 0.495. The maximum Gasteiger partial charge on any atom is 0.135 e. The van der Waals surface area contributed by atoms with Crippen LogP contribution in [0.3, 0.4) is 0 Å². The lowest BCUT2D eigenvalue weighted by atomic mass is 10.3. The van der Waals surface area contributed by atoms with Crippen LogP contribution in [0.2, 0.25) is 5.15 Å². The van der Waals surface area contributed by atoms with Gasteiger partial charge in [0.1, 0.15) is 22.6 Å². The van der Waals surface area contributed by atoms with E-state index in [9.17, 15) is 0 Å². The van der Waals surface area contributed by atoms with E-state index >= 15 is 0 Å². The molecule has 0 atom stereocenters. The van der Waals surface area contributed by atoms with Crippen LogP contribution in [0.1, 0.15) is 30.4 Å². The second-order valence-corrected chi connectivity index (χ2v) is 6.32. The predicted molar refractivity (Wildman–Crippen MR) is 92.0 cm³/mol. The summed E-state index contributed by atoms with van der Waals surface area (Å²) >= 11 is 6.10. The fraction of sp³-hybridized carbons (Fsp3) is 0.353. The average Bonchev–Trinajstić information content (AvgIpc) is 3.32. The first-order chi connectivity index (χ1) is 11.2. The van der Waals surface area contributed by atoms with Crippen LogP contribution in [-0.2, 0) is 6.54 Å². The number of rotatable bonds is 5. The number of hydrogen-bond donors (Lipinski definition) is 1. The predicted octanol–water partition coefficient (Wildman–Crippen LogP) is 3.78. The molecule has 23 heavy (non-hydrogen) atoms. The van der Waals surface area contributed by atoms with Gasteiger partial charge < -0.3 is 9.88 Å². The molecule has 0 bridgehead atoms. The van der Waals surface area contributed by atoms with Gasteiger partial charge in [0, 0.05) is 25.1 Å². The first-order valence-corrected chi connectivity index (χ1v) is 8.29. The molecule has 0 saturated heterocycles. The van der Waals surface area contributed by atoms with Crippen LogP contribution < -0.4 is 5.32 Å². The Kier molecular flexibility index (Phi) is 3.65. The van der Waals surface area contributed by atoms with Crippen LogP contribution in [0, 0.1) is 6.92 Å². The molecule has 1 saturated carbocycles. The molecule has 1 aromatic carbocycles. The number of halogens is 1. The molecule has 1 N–H and O–H groups in total. The molecule has 1 aliphatic rings. The molecule has 0 spiro atoms. The topological polar surface area (TPSA) is 55.6 Å². The molecule has 118 valence electrons. The zero-order valence-electron chi connectivity index (χ0n) is 13.0. The van der Waals surface area contributed by atoms with E-state index in [0.717, 1.165) is 41.6 Å². The summed E-state index contributed by atoms with van der Waals surface area (Å²) < 4.78 is 2.22. The van der Waals surface area contributed by atoms with Crippen LogP contribution in [0.25, 0.3) is 11.0 Å². The summed E-state index contributed by atoms with van der Waals surface area (Å²) in [5.41, 5.74) is 2.19. The van der Waals surface area contributed by atoms with Crippen molar-refractivity contribution >= 4 is 28.5 Å². The van der Waals surface area contributed by atoms with E-state index in [1.807, 2.05) is 25.1 Å². The highest BCUT2D eigenvalue weighted by atomic mass is 35.5. The molecule has 5 nitrogen and oxygen atoms in total. The van der Waals surface area contributed by atoms with Gasteiger partial charge in [0.2, 0.25) is 0 Å². The molecule has 0 aliphatic heterocycles. The quantitative estimate of drug-likeness (QED) is 0.725. The maximum absolute atomic E-state index is 6.10. The number of fused-ring (bicyclic) bond motifs is 1. The molecule has 0 unspecified atom stereocenters. The first kappa shape index (κ1) is 14.5. The average molecular weight is 328 g/mol. The lowest BCUT2D eigenvalue weighted by Crippen LogP contribution is -2.13. The normalized spacial score (nSPS) is 14.3. The van der Waals surface area contributed by atoms with Crippen molar-refractivity contribution in [1.29, 1.82) is 0 Å². The van der Waals surface area contributed by atoms with Gasteiger partial charge in [-0.2, -0.15) is 0 Å². The number of hydrogen-bond acceptors (Lipinski definition) is 4. The summed E-state index contributed by atoms with van der Waals surface area (Å²) in [6.45, 7) is 3.62. The molecule has 4 rings (SSSR count). The van der Waals surface area contributed by atoms with Crippen LogP contribution >= 0.6 is 11.6 Å². The highest BCUT2D eigenvalue weighted by molar-refractivity contribution is 6.29. The summed E-state index contributed by atoms with van der Waals surface area (Å²) in [5, 5.41) is 3.86. The number of aryl methyl sites for hydroxylation is 1. The van der Waals surface area contributed by atoms with Gasteiger partial charge in [-0.05, 0) is 31.9 Å². The summed E-state index contributed by atoms with van der Waals surface area (Å²) in [6, 6.07) is 9.98. The highest BCUT2D eigenvalue weighted by Gasteiger charge is 2.27. The Labute approximate surface area is 139 Å². The molecule has 0 radical (unpaired) electrons. The summed E-state index contributed by atoms with van der Waals surface area (Å²) in [5.74, 6) is 3.18. The van der Waals surface area contributed by atoms with Crippen LogP contribution in [-0.4, -0.2) is 26.1 Å². The Morgan fingerprint density at radius 2 is 2.04 bits per heavy atom. The van der Waals surface area contributed by atoms with Crippen molar-refractivity contribution < 1.29 is 0 Å². The summed E-state index contributed by atoms with van der Waals surface area (Å²) in [6.07, 6.45) is 2.33. The Hall–Kier alpha value is -2.14.